The molecule has 1 saturated heterocycles. The quantitative estimate of drug-likeness (QED) is 0.734. The van der Waals surface area contributed by atoms with Gasteiger partial charge < -0.3 is 9.16 Å². The minimum absolute atomic E-state index is 0.116. The fourth-order valence-electron chi connectivity index (χ4n) is 2.41. The van der Waals surface area contributed by atoms with Crippen LogP contribution in [0.5, 0.6) is 0 Å². The maximum Gasteiger partial charge on any atom is 0.192 e. The molecule has 20 heavy (non-hydrogen) atoms. The van der Waals surface area contributed by atoms with Gasteiger partial charge in [-0.3, -0.25) is 4.79 Å². The summed E-state index contributed by atoms with van der Waals surface area (Å²) in [5, 5.41) is 0.140. The van der Waals surface area contributed by atoms with E-state index in [1.54, 1.807) is 0 Å². The third-order valence-electron chi connectivity index (χ3n) is 4.77. The van der Waals surface area contributed by atoms with Gasteiger partial charge in [0.05, 0.1) is 12.7 Å². The van der Waals surface area contributed by atoms with Crippen molar-refractivity contribution < 1.29 is 14.0 Å². The predicted molar refractivity (Wildman–Crippen MR) is 85.5 cm³/mol. The molecule has 0 amide bonds. The second kappa shape index (κ2) is 5.22. The second-order valence-electron chi connectivity index (χ2n) is 8.69. The lowest BCUT2D eigenvalue weighted by atomic mass is 9.79. The summed E-state index contributed by atoms with van der Waals surface area (Å²) < 4.78 is 12.3. The molecule has 0 bridgehead atoms. The van der Waals surface area contributed by atoms with Crippen LogP contribution in [-0.4, -0.2) is 32.4 Å². The van der Waals surface area contributed by atoms with Crippen LogP contribution in [0.15, 0.2) is 0 Å². The summed E-state index contributed by atoms with van der Waals surface area (Å²) in [6, 6.07) is 0. The third kappa shape index (κ3) is 3.34. The van der Waals surface area contributed by atoms with Crippen LogP contribution in [-0.2, 0) is 14.0 Å². The zero-order chi connectivity index (χ0) is 16.0. The standard InChI is InChI=1S/C16H32O3Si/c1-14(2,3)13(17)16(7)12(10-11-18-16)19-20(8,9)15(4,5)6/h12H,10-11H2,1-9H3/t12-,16+/m1/s1. The van der Waals surface area contributed by atoms with E-state index in [9.17, 15) is 4.79 Å². The third-order valence-corrected chi connectivity index (χ3v) is 9.26. The molecule has 1 aliphatic rings. The number of Topliss-reactive ketones (excluding diaryl/α,β-unsaturated/α-hetero) is 1. The normalized spacial score (nSPS) is 28.8. The van der Waals surface area contributed by atoms with E-state index in [2.05, 4.69) is 33.9 Å². The highest BCUT2D eigenvalue weighted by Gasteiger charge is 2.53. The van der Waals surface area contributed by atoms with Gasteiger partial charge in [0.15, 0.2) is 14.1 Å². The molecule has 1 aliphatic heterocycles. The molecule has 1 rings (SSSR count). The Morgan fingerprint density at radius 1 is 1.20 bits per heavy atom. The highest BCUT2D eigenvalue weighted by molar-refractivity contribution is 6.74. The van der Waals surface area contributed by atoms with E-state index in [0.717, 1.165) is 6.42 Å². The van der Waals surface area contributed by atoms with E-state index in [1.807, 2.05) is 27.7 Å². The lowest BCUT2D eigenvalue weighted by Gasteiger charge is -2.42. The van der Waals surface area contributed by atoms with Crippen molar-refractivity contribution in [3.8, 4) is 0 Å². The first-order chi connectivity index (χ1) is 8.72. The van der Waals surface area contributed by atoms with Crippen LogP contribution in [0.3, 0.4) is 0 Å². The van der Waals surface area contributed by atoms with Gasteiger partial charge in [-0.05, 0) is 31.5 Å². The highest BCUT2D eigenvalue weighted by Crippen LogP contribution is 2.42. The molecule has 0 aromatic rings. The van der Waals surface area contributed by atoms with Crippen LogP contribution in [0.1, 0.15) is 54.9 Å². The van der Waals surface area contributed by atoms with Crippen molar-refractivity contribution in [1.82, 2.24) is 0 Å². The lowest BCUT2D eigenvalue weighted by Crippen LogP contribution is -2.55. The van der Waals surface area contributed by atoms with Gasteiger partial charge in [0.2, 0.25) is 0 Å². The Morgan fingerprint density at radius 2 is 1.70 bits per heavy atom. The van der Waals surface area contributed by atoms with E-state index >= 15 is 0 Å². The van der Waals surface area contributed by atoms with Gasteiger partial charge >= 0.3 is 0 Å². The van der Waals surface area contributed by atoms with E-state index in [-0.39, 0.29) is 16.9 Å². The summed E-state index contributed by atoms with van der Waals surface area (Å²) in [4.78, 5) is 12.7. The van der Waals surface area contributed by atoms with Crippen LogP contribution >= 0.6 is 0 Å². The van der Waals surface area contributed by atoms with Gasteiger partial charge in [-0.1, -0.05) is 41.5 Å². The summed E-state index contributed by atoms with van der Waals surface area (Å²) >= 11 is 0. The maximum atomic E-state index is 12.7. The monoisotopic (exact) mass is 300 g/mol. The Labute approximate surface area is 125 Å². The van der Waals surface area contributed by atoms with Gasteiger partial charge in [-0.15, -0.1) is 0 Å². The number of hydrogen-bond acceptors (Lipinski definition) is 3. The molecule has 0 aromatic heterocycles. The van der Waals surface area contributed by atoms with Gasteiger partial charge in [-0.2, -0.15) is 0 Å². The summed E-state index contributed by atoms with van der Waals surface area (Å²) in [5.41, 5.74) is -1.21. The zero-order valence-corrected chi connectivity index (χ0v) is 15.7. The summed E-state index contributed by atoms with van der Waals surface area (Å²) in [6.45, 7) is 19.5. The average Bonchev–Trinajstić information content (AvgIpc) is 2.57. The first-order valence-electron chi connectivity index (χ1n) is 7.58. The Hall–Kier alpha value is -0.193. The van der Waals surface area contributed by atoms with Crippen molar-refractivity contribution in [2.45, 2.75) is 84.7 Å². The number of hydrogen-bond donors (Lipinski definition) is 0. The number of carbonyl (C=O) groups excluding carboxylic acids is 1. The summed E-state index contributed by atoms with van der Waals surface area (Å²) in [5.74, 6) is 0.145. The fraction of sp³-hybridized carbons (Fsp3) is 0.938. The molecule has 0 N–H and O–H groups in total. The molecular weight excluding hydrogens is 268 g/mol. The molecule has 0 spiro atoms. The van der Waals surface area contributed by atoms with E-state index in [1.165, 1.54) is 0 Å². The molecular formula is C16H32O3Si. The molecule has 0 radical (unpaired) electrons. The van der Waals surface area contributed by atoms with Crippen molar-refractivity contribution in [2.75, 3.05) is 6.61 Å². The van der Waals surface area contributed by atoms with Gasteiger partial charge in [0.1, 0.15) is 5.60 Å². The topological polar surface area (TPSA) is 35.5 Å². The van der Waals surface area contributed by atoms with E-state index < -0.39 is 19.3 Å². The molecule has 1 heterocycles. The Morgan fingerprint density at radius 3 is 2.10 bits per heavy atom. The first kappa shape index (κ1) is 17.9. The predicted octanol–water partition coefficient (Wildman–Crippen LogP) is 4.17. The Bertz CT molecular complexity index is 376. The summed E-state index contributed by atoms with van der Waals surface area (Å²) in [7, 11) is -1.90. The minimum atomic E-state index is -1.90. The Balaban J connectivity index is 2.99. The van der Waals surface area contributed by atoms with Gasteiger partial charge in [0.25, 0.3) is 0 Å². The van der Waals surface area contributed by atoms with Gasteiger partial charge in [-0.25, -0.2) is 0 Å². The lowest BCUT2D eigenvalue weighted by molar-refractivity contribution is -0.152. The van der Waals surface area contributed by atoms with Crippen molar-refractivity contribution in [1.29, 1.82) is 0 Å². The molecule has 0 aromatic carbocycles. The average molecular weight is 301 g/mol. The van der Waals surface area contributed by atoms with Gasteiger partial charge in [0, 0.05) is 5.41 Å². The number of carbonyl (C=O) groups is 1. The molecule has 0 saturated carbocycles. The van der Waals surface area contributed by atoms with Crippen molar-refractivity contribution >= 4 is 14.1 Å². The Kier molecular flexibility index (Phi) is 4.66. The molecule has 2 atom stereocenters. The van der Waals surface area contributed by atoms with Crippen molar-refractivity contribution in [3.63, 3.8) is 0 Å². The molecule has 1 fully saturated rings. The molecule has 3 nitrogen and oxygen atoms in total. The first-order valence-corrected chi connectivity index (χ1v) is 10.5. The van der Waals surface area contributed by atoms with Crippen molar-refractivity contribution in [2.24, 2.45) is 5.41 Å². The van der Waals surface area contributed by atoms with Crippen molar-refractivity contribution in [3.05, 3.63) is 0 Å². The molecule has 118 valence electrons. The number of rotatable bonds is 3. The van der Waals surface area contributed by atoms with Crippen LogP contribution in [0.4, 0.5) is 0 Å². The SMILES string of the molecule is CC(C)(C)C(=O)[C@@]1(C)OCC[C@H]1O[Si](C)(C)C(C)(C)C. The number of ether oxygens (including phenoxy) is 1. The van der Waals surface area contributed by atoms with Crippen LogP contribution in [0.25, 0.3) is 0 Å². The second-order valence-corrected chi connectivity index (χ2v) is 13.4. The van der Waals surface area contributed by atoms with Crippen LogP contribution in [0, 0.1) is 5.41 Å². The maximum absolute atomic E-state index is 12.7. The zero-order valence-electron chi connectivity index (χ0n) is 14.7. The molecule has 0 unspecified atom stereocenters. The highest BCUT2D eigenvalue weighted by atomic mass is 28.4. The molecule has 4 heteroatoms. The van der Waals surface area contributed by atoms with E-state index in [4.69, 9.17) is 9.16 Å². The minimum Gasteiger partial charge on any atom is -0.410 e. The van der Waals surface area contributed by atoms with Crippen LogP contribution < -0.4 is 0 Å². The van der Waals surface area contributed by atoms with E-state index in [0.29, 0.717) is 6.61 Å². The summed E-state index contributed by atoms with van der Waals surface area (Å²) in [6.07, 6.45) is 0.695. The number of ketones is 1. The fourth-order valence-corrected chi connectivity index (χ4v) is 3.81. The molecule has 0 aliphatic carbocycles. The smallest absolute Gasteiger partial charge is 0.192 e. The van der Waals surface area contributed by atoms with Crippen LogP contribution in [0.2, 0.25) is 18.1 Å². The largest absolute Gasteiger partial charge is 0.410 e.